The van der Waals surface area contributed by atoms with Crippen LogP contribution in [0.15, 0.2) is 0 Å². The Labute approximate surface area is 117 Å². The number of fused-ring (bicyclic) bond motifs is 1. The van der Waals surface area contributed by atoms with Crippen molar-refractivity contribution in [3.05, 3.63) is 0 Å². The summed E-state index contributed by atoms with van der Waals surface area (Å²) in [6.07, 6.45) is 14.4. The highest BCUT2D eigenvalue weighted by molar-refractivity contribution is 6.20. The van der Waals surface area contributed by atoms with Crippen LogP contribution in [0.25, 0.3) is 0 Å². The molecule has 3 aliphatic rings. The van der Waals surface area contributed by atoms with E-state index in [1.807, 2.05) is 4.90 Å². The molecule has 3 atom stereocenters. The number of hydrogen-bond donors (Lipinski definition) is 1. The molecule has 1 nitrogen and oxygen atoms in total. The van der Waals surface area contributed by atoms with Gasteiger partial charge in [0.15, 0.2) is 0 Å². The van der Waals surface area contributed by atoms with Crippen molar-refractivity contribution < 1.29 is 4.90 Å². The van der Waals surface area contributed by atoms with Crippen LogP contribution in [0.5, 0.6) is 0 Å². The van der Waals surface area contributed by atoms with E-state index < -0.39 is 0 Å². The van der Waals surface area contributed by atoms with Gasteiger partial charge in [0.2, 0.25) is 0 Å². The monoisotopic (exact) mass is 270 g/mol. The number of rotatable bonds is 2. The second-order valence-corrected chi connectivity index (χ2v) is 7.64. The Hall–Kier alpha value is 0.250. The molecule has 104 valence electrons. The van der Waals surface area contributed by atoms with Crippen LogP contribution in [0, 0.1) is 11.8 Å². The molecule has 0 aromatic heterocycles. The zero-order valence-corrected chi connectivity index (χ0v) is 12.4. The molecule has 3 rings (SSSR count). The molecule has 1 aliphatic heterocycles. The molecule has 0 radical (unpaired) electrons. The van der Waals surface area contributed by atoms with Crippen molar-refractivity contribution in [3.63, 3.8) is 0 Å². The number of alkyl halides is 1. The van der Waals surface area contributed by atoms with Crippen molar-refractivity contribution in [1.29, 1.82) is 0 Å². The number of halogens is 1. The molecule has 18 heavy (non-hydrogen) atoms. The van der Waals surface area contributed by atoms with Crippen molar-refractivity contribution in [2.75, 3.05) is 13.1 Å². The number of nitrogens with one attached hydrogen (secondary N) is 1. The van der Waals surface area contributed by atoms with Crippen LogP contribution >= 0.6 is 11.6 Å². The summed E-state index contributed by atoms with van der Waals surface area (Å²) in [5.41, 5.74) is 0. The highest BCUT2D eigenvalue weighted by Gasteiger charge is 2.37. The van der Waals surface area contributed by atoms with E-state index in [-0.39, 0.29) is 0 Å². The van der Waals surface area contributed by atoms with Crippen LogP contribution in [0.1, 0.15) is 64.2 Å². The largest absolute Gasteiger partial charge is 0.332 e. The maximum absolute atomic E-state index is 6.23. The van der Waals surface area contributed by atoms with E-state index in [1.54, 1.807) is 0 Å². The molecule has 0 aromatic rings. The maximum Gasteiger partial charge on any atom is 0.0903 e. The summed E-state index contributed by atoms with van der Waals surface area (Å²) in [5.74, 6) is 2.06. The lowest BCUT2D eigenvalue weighted by Crippen LogP contribution is -3.18. The molecular weight excluding hydrogens is 242 g/mol. The second kappa shape index (κ2) is 6.13. The normalized spacial score (nSPS) is 45.5. The summed E-state index contributed by atoms with van der Waals surface area (Å²) in [6, 6.07) is 1.03. The van der Waals surface area contributed by atoms with Crippen LogP contribution < -0.4 is 4.90 Å². The topological polar surface area (TPSA) is 4.44 Å². The first-order valence-corrected chi connectivity index (χ1v) is 8.75. The first-order valence-electron chi connectivity index (χ1n) is 8.31. The summed E-state index contributed by atoms with van der Waals surface area (Å²) < 4.78 is 0. The molecule has 1 heterocycles. The van der Waals surface area contributed by atoms with Crippen LogP contribution in [0.2, 0.25) is 0 Å². The fourth-order valence-corrected chi connectivity index (χ4v) is 5.07. The third-order valence-electron chi connectivity index (χ3n) is 5.83. The number of quaternary nitrogens is 1. The summed E-state index contributed by atoms with van der Waals surface area (Å²) in [6.45, 7) is 2.92. The van der Waals surface area contributed by atoms with Crippen molar-refractivity contribution in [2.24, 2.45) is 11.8 Å². The third-order valence-corrected chi connectivity index (χ3v) is 6.27. The third kappa shape index (κ3) is 3.04. The molecule has 2 aliphatic carbocycles. The first-order chi connectivity index (χ1) is 8.83. The number of hydrogen-bond acceptors (Lipinski definition) is 0. The lowest BCUT2D eigenvalue weighted by molar-refractivity contribution is -0.939. The van der Waals surface area contributed by atoms with Gasteiger partial charge < -0.3 is 4.90 Å². The Morgan fingerprint density at radius 2 is 1.56 bits per heavy atom. The average molecular weight is 271 g/mol. The van der Waals surface area contributed by atoms with E-state index in [1.165, 1.54) is 77.3 Å². The molecule has 2 saturated carbocycles. The Kier molecular flexibility index (Phi) is 4.51. The van der Waals surface area contributed by atoms with E-state index in [9.17, 15) is 0 Å². The summed E-state index contributed by atoms with van der Waals surface area (Å²) in [4.78, 5) is 1.98. The molecule has 1 N–H and O–H groups in total. The van der Waals surface area contributed by atoms with Crippen LogP contribution in [-0.2, 0) is 0 Å². The predicted octanol–water partition coefficient (Wildman–Crippen LogP) is 3.02. The second-order valence-electron chi connectivity index (χ2n) is 7.02. The molecule has 0 amide bonds. The zero-order valence-electron chi connectivity index (χ0n) is 11.7. The first kappa shape index (κ1) is 13.2. The Morgan fingerprint density at radius 3 is 2.39 bits per heavy atom. The highest BCUT2D eigenvalue weighted by Crippen LogP contribution is 2.30. The quantitative estimate of drug-likeness (QED) is 0.736. The minimum Gasteiger partial charge on any atom is -0.332 e. The lowest BCUT2D eigenvalue weighted by Gasteiger charge is -2.43. The molecule has 0 spiro atoms. The van der Waals surface area contributed by atoms with Crippen LogP contribution in [0.4, 0.5) is 0 Å². The molecule has 2 heteroatoms. The van der Waals surface area contributed by atoms with Gasteiger partial charge in [-0.05, 0) is 57.8 Å². The van der Waals surface area contributed by atoms with Gasteiger partial charge in [0.25, 0.3) is 0 Å². The number of piperidine rings is 1. The predicted molar refractivity (Wildman–Crippen MR) is 77.3 cm³/mol. The Morgan fingerprint density at radius 1 is 0.833 bits per heavy atom. The zero-order chi connectivity index (χ0) is 12.4. The molecule has 1 saturated heterocycles. The van der Waals surface area contributed by atoms with Gasteiger partial charge in [0.05, 0.1) is 19.1 Å². The van der Waals surface area contributed by atoms with Crippen molar-refractivity contribution >= 4 is 11.6 Å². The molecule has 0 aromatic carbocycles. The standard InChI is InChI=1S/C16H28ClN/c17-15-9-7-13(8-10-15)12-18-11-3-5-14-4-1-2-6-16(14)18/h13-16H,1-12H2/p+1. The van der Waals surface area contributed by atoms with E-state index in [0.29, 0.717) is 5.38 Å². The Balaban J connectivity index is 1.54. The summed E-state index contributed by atoms with van der Waals surface area (Å²) >= 11 is 6.23. The fourth-order valence-electron chi connectivity index (χ4n) is 4.82. The SMILES string of the molecule is ClC1CCC(C[NH+]2CCCC3CCCCC32)CC1. The Bertz CT molecular complexity index is 258. The van der Waals surface area contributed by atoms with Gasteiger partial charge in [-0.2, -0.15) is 0 Å². The van der Waals surface area contributed by atoms with Crippen LogP contribution in [0.3, 0.4) is 0 Å². The fraction of sp³-hybridized carbons (Fsp3) is 1.00. The van der Waals surface area contributed by atoms with E-state index in [0.717, 1.165) is 17.9 Å². The van der Waals surface area contributed by atoms with Gasteiger partial charge in [0, 0.05) is 17.2 Å². The average Bonchev–Trinajstić information content (AvgIpc) is 2.42. The lowest BCUT2D eigenvalue weighted by atomic mass is 9.77. The van der Waals surface area contributed by atoms with Crippen molar-refractivity contribution in [1.82, 2.24) is 0 Å². The van der Waals surface area contributed by atoms with E-state index in [4.69, 9.17) is 11.6 Å². The van der Waals surface area contributed by atoms with Gasteiger partial charge in [-0.3, -0.25) is 0 Å². The molecule has 3 unspecified atom stereocenters. The molecule has 3 fully saturated rings. The highest BCUT2D eigenvalue weighted by atomic mass is 35.5. The van der Waals surface area contributed by atoms with Gasteiger partial charge in [-0.25, -0.2) is 0 Å². The van der Waals surface area contributed by atoms with Gasteiger partial charge in [-0.1, -0.05) is 6.42 Å². The van der Waals surface area contributed by atoms with Crippen LogP contribution in [-0.4, -0.2) is 24.5 Å². The minimum atomic E-state index is 0.486. The molecule has 0 bridgehead atoms. The summed E-state index contributed by atoms with van der Waals surface area (Å²) in [5, 5.41) is 0.486. The van der Waals surface area contributed by atoms with Crippen molar-refractivity contribution in [2.45, 2.75) is 75.6 Å². The van der Waals surface area contributed by atoms with Gasteiger partial charge >= 0.3 is 0 Å². The maximum atomic E-state index is 6.23. The van der Waals surface area contributed by atoms with Gasteiger partial charge in [-0.15, -0.1) is 11.6 Å². The minimum absolute atomic E-state index is 0.486. The van der Waals surface area contributed by atoms with Gasteiger partial charge in [0.1, 0.15) is 0 Å². The van der Waals surface area contributed by atoms with E-state index >= 15 is 0 Å². The molecular formula is C16H29ClN+. The van der Waals surface area contributed by atoms with Crippen molar-refractivity contribution in [3.8, 4) is 0 Å². The number of likely N-dealkylation sites (tertiary alicyclic amines) is 1. The summed E-state index contributed by atoms with van der Waals surface area (Å²) in [7, 11) is 0. The smallest absolute Gasteiger partial charge is 0.0903 e. The van der Waals surface area contributed by atoms with E-state index in [2.05, 4.69) is 0 Å².